The second-order valence-electron chi connectivity index (χ2n) is 6.69. The van der Waals surface area contributed by atoms with Crippen LogP contribution in [0.15, 0.2) is 58.2 Å². The summed E-state index contributed by atoms with van der Waals surface area (Å²) in [5, 5.41) is 0.131. The molecule has 1 aromatic carbocycles. The lowest BCUT2D eigenvalue weighted by atomic mass is 10.2. The molecular weight excluding hydrogens is 362 g/mol. The first-order valence-electron chi connectivity index (χ1n) is 8.94. The lowest BCUT2D eigenvalue weighted by Crippen LogP contribution is -2.21. The van der Waals surface area contributed by atoms with E-state index in [4.69, 9.17) is 4.42 Å². The van der Waals surface area contributed by atoms with Crippen molar-refractivity contribution in [3.05, 3.63) is 71.4 Å². The van der Waals surface area contributed by atoms with Crippen LogP contribution in [-0.4, -0.2) is 35.7 Å². The number of benzene rings is 1. The van der Waals surface area contributed by atoms with Crippen LogP contribution in [-0.2, 0) is 29.5 Å². The maximum atomic E-state index is 12.5. The Morgan fingerprint density at radius 1 is 1.11 bits per heavy atom. The van der Waals surface area contributed by atoms with Crippen molar-refractivity contribution >= 4 is 9.84 Å². The first-order chi connectivity index (χ1) is 12.9. The van der Waals surface area contributed by atoms with Gasteiger partial charge in [-0.25, -0.2) is 13.4 Å². The Hall–Kier alpha value is -2.38. The molecule has 6 nitrogen and oxygen atoms in total. The summed E-state index contributed by atoms with van der Waals surface area (Å²) in [5.74, 6) is 1.79. The highest BCUT2D eigenvalue weighted by molar-refractivity contribution is 7.91. The predicted molar refractivity (Wildman–Crippen MR) is 104 cm³/mol. The molecule has 7 heteroatoms. The number of aromatic nitrogens is 2. The number of nitrogens with zero attached hydrogens (tertiary/aromatic N) is 3. The minimum absolute atomic E-state index is 0.0275. The summed E-state index contributed by atoms with van der Waals surface area (Å²) < 4.78 is 32.4. The van der Waals surface area contributed by atoms with Crippen molar-refractivity contribution in [3.8, 4) is 0 Å². The number of furan rings is 1. The molecule has 0 amide bonds. The smallest absolute Gasteiger partial charge is 0.228 e. The van der Waals surface area contributed by atoms with E-state index in [-0.39, 0.29) is 10.9 Å². The van der Waals surface area contributed by atoms with Gasteiger partial charge in [0.15, 0.2) is 0 Å². The highest BCUT2D eigenvalue weighted by atomic mass is 32.2. The molecule has 0 aliphatic carbocycles. The van der Waals surface area contributed by atoms with Gasteiger partial charge in [0.05, 0.1) is 30.7 Å². The molecule has 0 unspecified atom stereocenters. The van der Waals surface area contributed by atoms with E-state index in [1.165, 1.54) is 0 Å². The van der Waals surface area contributed by atoms with Crippen LogP contribution < -0.4 is 0 Å². The van der Waals surface area contributed by atoms with Crippen molar-refractivity contribution in [2.75, 3.05) is 12.8 Å². The van der Waals surface area contributed by atoms with E-state index in [1.807, 2.05) is 56.4 Å². The largest absolute Gasteiger partial charge is 0.465 e. The molecule has 0 saturated heterocycles. The van der Waals surface area contributed by atoms with Crippen LogP contribution in [0, 0.1) is 6.92 Å². The first-order valence-corrected chi connectivity index (χ1v) is 10.6. The van der Waals surface area contributed by atoms with Crippen molar-refractivity contribution < 1.29 is 12.8 Å². The van der Waals surface area contributed by atoms with Crippen molar-refractivity contribution in [2.24, 2.45) is 0 Å². The topological polar surface area (TPSA) is 68.3 Å². The summed E-state index contributed by atoms with van der Waals surface area (Å²) in [4.78, 5) is 6.33. The number of imidazole rings is 1. The SMILES string of the molecule is CCS(=O)(=O)c1ncc(CN(C)Cc2ccc(C)o2)n1Cc1ccccc1. The van der Waals surface area contributed by atoms with Gasteiger partial charge in [0.2, 0.25) is 15.0 Å². The highest BCUT2D eigenvalue weighted by Gasteiger charge is 2.22. The Labute approximate surface area is 160 Å². The standard InChI is InChI=1S/C20H25N3O3S/c1-4-27(24,25)20-21-12-18(23(20)13-17-8-6-5-7-9-17)14-22(3)15-19-11-10-16(2)26-19/h5-12H,4,13-15H2,1-3H3. The molecule has 0 fully saturated rings. The van der Waals surface area contributed by atoms with Gasteiger partial charge < -0.3 is 8.98 Å². The maximum absolute atomic E-state index is 12.5. The second kappa shape index (κ2) is 8.10. The van der Waals surface area contributed by atoms with Gasteiger partial charge in [-0.1, -0.05) is 37.3 Å². The summed E-state index contributed by atoms with van der Waals surface area (Å²) in [5.41, 5.74) is 1.89. The summed E-state index contributed by atoms with van der Waals surface area (Å²) in [6.07, 6.45) is 1.66. The van der Waals surface area contributed by atoms with Crippen LogP contribution in [0.1, 0.15) is 29.7 Å². The van der Waals surface area contributed by atoms with Crippen LogP contribution in [0.2, 0.25) is 0 Å². The third-order valence-electron chi connectivity index (χ3n) is 4.40. The lowest BCUT2D eigenvalue weighted by molar-refractivity contribution is 0.278. The van der Waals surface area contributed by atoms with Gasteiger partial charge in [0.1, 0.15) is 11.5 Å². The summed E-state index contributed by atoms with van der Waals surface area (Å²) in [6.45, 7) is 5.24. The van der Waals surface area contributed by atoms with E-state index in [2.05, 4.69) is 9.88 Å². The second-order valence-corrected chi connectivity index (χ2v) is 8.86. The molecule has 0 N–H and O–H groups in total. The molecule has 0 bridgehead atoms. The quantitative estimate of drug-likeness (QED) is 0.593. The Morgan fingerprint density at radius 3 is 2.48 bits per heavy atom. The lowest BCUT2D eigenvalue weighted by Gasteiger charge is -2.18. The summed E-state index contributed by atoms with van der Waals surface area (Å²) >= 11 is 0. The van der Waals surface area contributed by atoms with Crippen molar-refractivity contribution in [2.45, 2.75) is 38.6 Å². The zero-order chi connectivity index (χ0) is 19.4. The van der Waals surface area contributed by atoms with E-state index in [0.29, 0.717) is 19.6 Å². The molecule has 0 aliphatic rings. The van der Waals surface area contributed by atoms with Gasteiger partial charge in [-0.05, 0) is 31.7 Å². The Morgan fingerprint density at radius 2 is 1.85 bits per heavy atom. The highest BCUT2D eigenvalue weighted by Crippen LogP contribution is 2.18. The van der Waals surface area contributed by atoms with Gasteiger partial charge in [-0.2, -0.15) is 0 Å². The molecule has 0 radical (unpaired) electrons. The average molecular weight is 388 g/mol. The normalized spacial score (nSPS) is 12.0. The van der Waals surface area contributed by atoms with E-state index < -0.39 is 9.84 Å². The van der Waals surface area contributed by atoms with Gasteiger partial charge in [0.25, 0.3) is 0 Å². The molecule has 0 spiro atoms. The summed E-state index contributed by atoms with van der Waals surface area (Å²) in [6, 6.07) is 13.7. The van der Waals surface area contributed by atoms with Gasteiger partial charge >= 0.3 is 0 Å². The Balaban J connectivity index is 1.87. The van der Waals surface area contributed by atoms with E-state index in [0.717, 1.165) is 22.8 Å². The molecule has 3 rings (SSSR count). The molecule has 0 saturated carbocycles. The average Bonchev–Trinajstić information content (AvgIpc) is 3.22. The number of hydrogen-bond donors (Lipinski definition) is 0. The summed E-state index contributed by atoms with van der Waals surface area (Å²) in [7, 11) is -1.43. The van der Waals surface area contributed by atoms with Gasteiger partial charge in [0, 0.05) is 6.54 Å². The zero-order valence-corrected chi connectivity index (χ0v) is 16.7. The van der Waals surface area contributed by atoms with Crippen LogP contribution in [0.25, 0.3) is 0 Å². The molecule has 3 aromatic rings. The molecular formula is C20H25N3O3S. The molecule has 27 heavy (non-hydrogen) atoms. The molecule has 144 valence electrons. The number of aryl methyl sites for hydroxylation is 1. The van der Waals surface area contributed by atoms with Gasteiger partial charge in [-0.15, -0.1) is 0 Å². The predicted octanol–water partition coefficient (Wildman–Crippen LogP) is 3.26. The fourth-order valence-electron chi connectivity index (χ4n) is 3.00. The van der Waals surface area contributed by atoms with E-state index in [1.54, 1.807) is 17.7 Å². The number of hydrogen-bond acceptors (Lipinski definition) is 5. The monoisotopic (exact) mass is 387 g/mol. The van der Waals surface area contributed by atoms with Crippen LogP contribution >= 0.6 is 0 Å². The van der Waals surface area contributed by atoms with E-state index in [9.17, 15) is 8.42 Å². The Bertz CT molecular complexity index is 991. The van der Waals surface area contributed by atoms with Crippen molar-refractivity contribution in [3.63, 3.8) is 0 Å². The third-order valence-corrected chi connectivity index (χ3v) is 6.04. The fraction of sp³-hybridized carbons (Fsp3) is 0.350. The molecule has 2 aromatic heterocycles. The zero-order valence-electron chi connectivity index (χ0n) is 15.9. The maximum Gasteiger partial charge on any atom is 0.228 e. The molecule has 2 heterocycles. The van der Waals surface area contributed by atoms with Gasteiger partial charge in [-0.3, -0.25) is 4.90 Å². The minimum Gasteiger partial charge on any atom is -0.465 e. The number of sulfone groups is 1. The Kier molecular flexibility index (Phi) is 5.82. The van der Waals surface area contributed by atoms with Crippen LogP contribution in [0.5, 0.6) is 0 Å². The number of rotatable bonds is 8. The van der Waals surface area contributed by atoms with Crippen LogP contribution in [0.3, 0.4) is 0 Å². The van der Waals surface area contributed by atoms with E-state index >= 15 is 0 Å². The molecule has 0 aliphatic heterocycles. The van der Waals surface area contributed by atoms with Crippen molar-refractivity contribution in [1.82, 2.24) is 14.5 Å². The molecule has 0 atom stereocenters. The van der Waals surface area contributed by atoms with Crippen molar-refractivity contribution in [1.29, 1.82) is 0 Å². The first kappa shape index (κ1) is 19.4. The fourth-order valence-corrected chi connectivity index (χ4v) is 3.99. The minimum atomic E-state index is -3.40. The third kappa shape index (κ3) is 4.67. The van der Waals surface area contributed by atoms with Crippen LogP contribution in [0.4, 0.5) is 0 Å².